The summed E-state index contributed by atoms with van der Waals surface area (Å²) < 4.78 is 40.8. The highest BCUT2D eigenvalue weighted by Crippen LogP contribution is 2.30. The van der Waals surface area contributed by atoms with Crippen LogP contribution in [0.4, 0.5) is 13.2 Å². The van der Waals surface area contributed by atoms with Crippen molar-refractivity contribution in [1.82, 2.24) is 55.6 Å². The average Bonchev–Trinajstić information content (AvgIpc) is 1.70. The van der Waals surface area contributed by atoms with E-state index in [1.807, 2.05) is 20.8 Å². The number of carbonyl (C=O) groups excluding carboxylic acids is 11. The van der Waals surface area contributed by atoms with Gasteiger partial charge in [-0.05, 0) is 106 Å². The quantitative estimate of drug-likeness (QED) is 0.225. The van der Waals surface area contributed by atoms with Crippen molar-refractivity contribution < 1.29 is 65.9 Å². The van der Waals surface area contributed by atoms with Crippen LogP contribution in [0.25, 0.3) is 0 Å². The van der Waals surface area contributed by atoms with Gasteiger partial charge >= 0.3 is 6.18 Å². The molecule has 2 aromatic rings. The van der Waals surface area contributed by atoms with Gasteiger partial charge in [0.1, 0.15) is 41.8 Å². The van der Waals surface area contributed by atoms with E-state index in [4.69, 9.17) is 11.6 Å². The molecule has 0 radical (unpaired) electrons. The second-order valence-electron chi connectivity index (χ2n) is 25.8. The first-order valence-electron chi connectivity index (χ1n) is 30.5. The van der Waals surface area contributed by atoms with Gasteiger partial charge in [0, 0.05) is 73.2 Å². The number of alkyl halides is 3. The maximum Gasteiger partial charge on any atom is 0.416 e. The van der Waals surface area contributed by atoms with E-state index in [-0.39, 0.29) is 50.4 Å². The van der Waals surface area contributed by atoms with Crippen LogP contribution in [0.3, 0.4) is 0 Å². The molecule has 0 aromatic heterocycles. The molecule has 0 saturated carbocycles. The Morgan fingerprint density at radius 1 is 0.578 bits per heavy atom. The predicted octanol–water partition coefficient (Wildman–Crippen LogP) is 4.78. The first-order chi connectivity index (χ1) is 41.6. The van der Waals surface area contributed by atoms with Gasteiger partial charge < -0.3 is 55.6 Å². The molecule has 1 aliphatic heterocycles. The van der Waals surface area contributed by atoms with Crippen LogP contribution in [-0.2, 0) is 71.8 Å². The molecule has 0 bridgehead atoms. The summed E-state index contributed by atoms with van der Waals surface area (Å²) in [6.45, 7) is 17.0. The maximum absolute atomic E-state index is 14.9. The summed E-state index contributed by atoms with van der Waals surface area (Å²) in [6, 6.07) is 2.41. The van der Waals surface area contributed by atoms with Crippen LogP contribution < -0.4 is 21.3 Å². The van der Waals surface area contributed by atoms with Crippen LogP contribution in [0.1, 0.15) is 125 Å². The van der Waals surface area contributed by atoms with E-state index in [0.717, 1.165) is 36.6 Å². The smallest absolute Gasteiger partial charge is 0.351 e. The van der Waals surface area contributed by atoms with Gasteiger partial charge in [-0.1, -0.05) is 97.7 Å². The third-order valence-electron chi connectivity index (χ3n) is 16.4. The highest BCUT2D eigenvalue weighted by molar-refractivity contribution is 6.30. The number of nitrogens with one attached hydrogen (secondary N) is 4. The molecule has 26 heteroatoms. The second-order valence-corrected chi connectivity index (χ2v) is 26.2. The maximum atomic E-state index is 14.9. The number of hydrogen-bond donors (Lipinski definition) is 4. The van der Waals surface area contributed by atoms with Crippen LogP contribution in [0.15, 0.2) is 48.5 Å². The van der Waals surface area contributed by atoms with E-state index in [0.29, 0.717) is 22.6 Å². The summed E-state index contributed by atoms with van der Waals surface area (Å²) >= 11 is 6.20. The molecule has 502 valence electrons. The number of hydrogen-bond acceptors (Lipinski definition) is 11. The Bertz CT molecular complexity index is 2860. The van der Waals surface area contributed by atoms with E-state index >= 15 is 0 Å². The fourth-order valence-corrected chi connectivity index (χ4v) is 10.8. The zero-order valence-electron chi connectivity index (χ0n) is 55.7. The Labute approximate surface area is 534 Å². The Morgan fingerprint density at radius 2 is 1.10 bits per heavy atom. The Kier molecular flexibility index (Phi) is 28.8. The Balaban J connectivity index is 2.22. The SMILES string of the molecule is CC[C@H](C)[C@@H]1NC(=O)[C@H](C(C)C)N(C)C(=O)C[C@@H](C)NC(=O)[C@H](CC(C)C)N(C)C(=O)C(C)(C)NC(=O)[C@H](CC(C)C)N(C)C(=O)[C@H](CCc2ccc(C(F)(F)F)cc2)NC(=O)CN(C)C(=O)[C@H](Cc2ccc(Cl)cc2)N(C)C(=O)CN(C)C(=O)CN(C)C1=O. The van der Waals surface area contributed by atoms with Gasteiger partial charge in [0.15, 0.2) is 0 Å². The zero-order valence-corrected chi connectivity index (χ0v) is 56.4. The molecule has 11 amide bonds. The molecule has 8 atom stereocenters. The number of nitrogens with zero attached hydrogens (tertiary/aromatic N) is 7. The van der Waals surface area contributed by atoms with Gasteiger partial charge in [-0.15, -0.1) is 0 Å². The molecule has 1 saturated heterocycles. The minimum atomic E-state index is -4.63. The van der Waals surface area contributed by atoms with E-state index in [9.17, 15) is 65.9 Å². The molecular weight excluding hydrogens is 1190 g/mol. The number of carbonyl (C=O) groups is 11. The standard InChI is InChI=1S/C64H97ClF3N11O11/c1-19-40(8)54-61(89)75(14)35-52(82)73(12)36-53(83)76(15)49(33-43-22-27-45(65)28-23-43)60(88)74(13)34-50(80)70-46(29-24-42-20-25-44(26-21-42)64(66,67)68)59(87)77(16)48(31-38(4)5)57(85)72-63(10,11)62(90)78(17)47(30-37(2)3)56(84)69-41(9)32-51(81)79(18)55(39(6)7)58(86)71-54/h20-23,25-28,37-41,46-49,54-55H,19,24,29-36H2,1-18H3,(H,69,84)(H,70,80)(H,71,86)(H,72,85)/t40-,41+,46-,47-,48-,49-,54-,55-/m0/s1. The van der Waals surface area contributed by atoms with Crippen molar-refractivity contribution in [2.75, 3.05) is 69.0 Å². The Morgan fingerprint density at radius 3 is 1.62 bits per heavy atom. The number of likely N-dealkylation sites (N-methyl/N-ethyl adjacent to an activating group) is 7. The van der Waals surface area contributed by atoms with Gasteiger partial charge in [0.2, 0.25) is 65.0 Å². The number of halogens is 4. The largest absolute Gasteiger partial charge is 0.416 e. The second kappa shape index (κ2) is 33.7. The van der Waals surface area contributed by atoms with Gasteiger partial charge in [0.05, 0.1) is 25.2 Å². The summed E-state index contributed by atoms with van der Waals surface area (Å²) in [5.41, 5.74) is -1.70. The molecular formula is C64H97ClF3N11O11. The molecule has 90 heavy (non-hydrogen) atoms. The highest BCUT2D eigenvalue weighted by atomic mass is 35.5. The van der Waals surface area contributed by atoms with Crippen molar-refractivity contribution in [1.29, 1.82) is 0 Å². The van der Waals surface area contributed by atoms with Gasteiger partial charge in [0.25, 0.3) is 0 Å². The minimum absolute atomic E-state index is 0.0399. The summed E-state index contributed by atoms with van der Waals surface area (Å²) in [7, 11) is 9.54. The summed E-state index contributed by atoms with van der Waals surface area (Å²) in [5, 5.41) is 11.5. The first-order valence-corrected chi connectivity index (χ1v) is 30.9. The average molecular weight is 1290 g/mol. The van der Waals surface area contributed by atoms with Crippen molar-refractivity contribution in [3.05, 3.63) is 70.2 Å². The van der Waals surface area contributed by atoms with Gasteiger partial charge in [-0.2, -0.15) is 13.2 Å². The van der Waals surface area contributed by atoms with Crippen molar-refractivity contribution in [3.63, 3.8) is 0 Å². The molecule has 0 unspecified atom stereocenters. The molecule has 1 heterocycles. The van der Waals surface area contributed by atoms with Crippen LogP contribution in [0.2, 0.25) is 5.02 Å². The third-order valence-corrected chi connectivity index (χ3v) is 16.6. The van der Waals surface area contributed by atoms with E-state index in [2.05, 4.69) is 21.3 Å². The lowest BCUT2D eigenvalue weighted by Gasteiger charge is -2.38. The Hall–Kier alpha value is -7.31. The molecule has 4 N–H and O–H groups in total. The van der Waals surface area contributed by atoms with Crippen molar-refractivity contribution >= 4 is 76.6 Å². The molecule has 22 nitrogen and oxygen atoms in total. The van der Waals surface area contributed by atoms with Crippen molar-refractivity contribution in [2.24, 2.45) is 23.7 Å². The first kappa shape index (κ1) is 76.9. The predicted molar refractivity (Wildman–Crippen MR) is 336 cm³/mol. The van der Waals surface area contributed by atoms with Crippen LogP contribution >= 0.6 is 11.6 Å². The van der Waals surface area contributed by atoms with E-state index in [1.54, 1.807) is 65.8 Å². The fourth-order valence-electron chi connectivity index (χ4n) is 10.7. The van der Waals surface area contributed by atoms with Crippen molar-refractivity contribution in [3.8, 4) is 0 Å². The lowest BCUT2D eigenvalue weighted by atomic mass is 9.95. The molecule has 3 rings (SSSR count). The number of rotatable bonds is 12. The van der Waals surface area contributed by atoms with E-state index in [1.165, 1.54) is 85.1 Å². The topological polar surface area (TPSA) is 259 Å². The van der Waals surface area contributed by atoms with Crippen molar-refractivity contribution in [2.45, 2.75) is 175 Å². The molecule has 1 aliphatic rings. The van der Waals surface area contributed by atoms with Crippen LogP contribution in [0, 0.1) is 23.7 Å². The summed E-state index contributed by atoms with van der Waals surface area (Å²) in [5.74, 6) is -9.01. The molecule has 2 aromatic carbocycles. The zero-order chi connectivity index (χ0) is 68.6. The summed E-state index contributed by atoms with van der Waals surface area (Å²) in [6.07, 6.45) is -4.65. The van der Waals surface area contributed by atoms with Gasteiger partial charge in [-0.3, -0.25) is 52.7 Å². The van der Waals surface area contributed by atoms with Gasteiger partial charge in [-0.25, -0.2) is 0 Å². The van der Waals surface area contributed by atoms with Crippen LogP contribution in [0.5, 0.6) is 0 Å². The molecule has 0 spiro atoms. The summed E-state index contributed by atoms with van der Waals surface area (Å²) in [4.78, 5) is 166. The van der Waals surface area contributed by atoms with Crippen LogP contribution in [-0.4, -0.2) is 216 Å². The molecule has 0 aliphatic carbocycles. The normalized spacial score (nSPS) is 23.8. The minimum Gasteiger partial charge on any atom is -0.351 e. The number of aryl methyl sites for hydroxylation is 1. The monoisotopic (exact) mass is 1290 g/mol. The number of benzene rings is 2. The highest BCUT2D eigenvalue weighted by Gasteiger charge is 2.43. The lowest BCUT2D eigenvalue weighted by molar-refractivity contribution is -0.149. The molecule has 1 fully saturated rings. The fraction of sp³-hybridized carbons (Fsp3) is 0.641. The van der Waals surface area contributed by atoms with E-state index < -0.39 is 156 Å². The third kappa shape index (κ3) is 22.0. The lowest BCUT2D eigenvalue weighted by Crippen LogP contribution is -2.63. The number of amides is 11.